The van der Waals surface area contributed by atoms with Crippen LogP contribution in [0.15, 0.2) is 24.3 Å². The smallest absolute Gasteiger partial charge is 0.387 e. The fourth-order valence-corrected chi connectivity index (χ4v) is 2.91. The maximum Gasteiger partial charge on any atom is 0.387 e. The van der Waals surface area contributed by atoms with E-state index in [1.165, 1.54) is 40.9 Å². The Bertz CT molecular complexity index is 526. The largest absolute Gasteiger partial charge is 0.480 e. The molecule has 1 saturated heterocycles. The Morgan fingerprint density at radius 2 is 2.05 bits per heavy atom. The third-order valence-corrected chi connectivity index (χ3v) is 3.77. The number of halogens is 2. The van der Waals surface area contributed by atoms with Gasteiger partial charge in [0.2, 0.25) is 0 Å². The lowest BCUT2D eigenvalue weighted by Crippen LogP contribution is -2.43. The second kappa shape index (κ2) is 6.61. The number of rotatable bonds is 4. The molecule has 9 heteroatoms. The van der Waals surface area contributed by atoms with Crippen LogP contribution in [0.2, 0.25) is 0 Å². The van der Waals surface area contributed by atoms with Gasteiger partial charge in [-0.05, 0) is 24.3 Å². The van der Waals surface area contributed by atoms with Crippen molar-refractivity contribution in [3.63, 3.8) is 0 Å². The topological polar surface area (TPSA) is 78.9 Å². The normalized spacial score (nSPS) is 17.9. The van der Waals surface area contributed by atoms with E-state index >= 15 is 0 Å². The van der Waals surface area contributed by atoms with Gasteiger partial charge in [-0.3, -0.25) is 0 Å². The van der Waals surface area contributed by atoms with Crippen LogP contribution in [0.5, 0.6) is 5.75 Å². The predicted molar refractivity (Wildman–Crippen MR) is 72.7 cm³/mol. The van der Waals surface area contributed by atoms with Crippen molar-refractivity contribution in [1.29, 1.82) is 0 Å². The van der Waals surface area contributed by atoms with Gasteiger partial charge in [-0.15, -0.1) is 11.8 Å². The number of nitrogens with one attached hydrogen (secondary N) is 1. The van der Waals surface area contributed by atoms with E-state index in [4.69, 9.17) is 5.11 Å². The molecule has 1 heterocycles. The van der Waals surface area contributed by atoms with Crippen LogP contribution < -0.4 is 10.1 Å². The number of amides is 2. The molecule has 2 amide bonds. The zero-order valence-corrected chi connectivity index (χ0v) is 11.5. The number of hydrogen-bond acceptors (Lipinski definition) is 4. The summed E-state index contributed by atoms with van der Waals surface area (Å²) < 4.78 is 28.2. The van der Waals surface area contributed by atoms with Gasteiger partial charge in [0, 0.05) is 11.4 Å². The van der Waals surface area contributed by atoms with Crippen LogP contribution in [0.3, 0.4) is 0 Å². The quantitative estimate of drug-likeness (QED) is 0.890. The van der Waals surface area contributed by atoms with Crippen molar-refractivity contribution >= 4 is 29.4 Å². The first-order valence-electron chi connectivity index (χ1n) is 5.90. The van der Waals surface area contributed by atoms with Gasteiger partial charge in [-0.1, -0.05) is 0 Å². The number of carbonyl (C=O) groups is 2. The lowest BCUT2D eigenvalue weighted by molar-refractivity contribution is -0.140. The van der Waals surface area contributed by atoms with Gasteiger partial charge in [0.15, 0.2) is 0 Å². The summed E-state index contributed by atoms with van der Waals surface area (Å²) in [6, 6.07) is 3.96. The van der Waals surface area contributed by atoms with Gasteiger partial charge in [0.05, 0.1) is 5.88 Å². The number of thioether (sulfide) groups is 1. The van der Waals surface area contributed by atoms with Crippen LogP contribution in [0.25, 0.3) is 0 Å². The Labute approximate surface area is 123 Å². The molecule has 0 spiro atoms. The van der Waals surface area contributed by atoms with Crippen molar-refractivity contribution in [2.45, 2.75) is 12.7 Å². The van der Waals surface area contributed by atoms with Crippen LogP contribution in [-0.2, 0) is 4.79 Å². The Morgan fingerprint density at radius 3 is 2.62 bits per heavy atom. The van der Waals surface area contributed by atoms with Crippen molar-refractivity contribution in [3.05, 3.63) is 24.3 Å². The fourth-order valence-electron chi connectivity index (χ4n) is 1.76. The van der Waals surface area contributed by atoms with Crippen LogP contribution in [-0.4, -0.2) is 46.3 Å². The Hall–Kier alpha value is -2.03. The summed E-state index contributed by atoms with van der Waals surface area (Å²) in [7, 11) is 0. The highest BCUT2D eigenvalue weighted by molar-refractivity contribution is 7.99. The number of ether oxygens (including phenoxy) is 1. The van der Waals surface area contributed by atoms with Gasteiger partial charge in [-0.25, -0.2) is 9.59 Å². The number of carboxylic acid groups (broad SMARTS) is 1. The maximum absolute atomic E-state index is 12.0. The van der Waals surface area contributed by atoms with E-state index in [9.17, 15) is 18.4 Å². The number of anilines is 1. The minimum Gasteiger partial charge on any atom is -0.480 e. The summed E-state index contributed by atoms with van der Waals surface area (Å²) in [5.41, 5.74) is 0.364. The predicted octanol–water partition coefficient (Wildman–Crippen LogP) is 2.28. The summed E-state index contributed by atoms with van der Waals surface area (Å²) in [6.45, 7) is -2.91. The summed E-state index contributed by atoms with van der Waals surface area (Å²) in [5, 5.41) is 11.5. The lowest BCUT2D eigenvalue weighted by atomic mass is 10.3. The molecular formula is C12H12F2N2O4S. The molecule has 1 aliphatic heterocycles. The Morgan fingerprint density at radius 1 is 1.38 bits per heavy atom. The van der Waals surface area contributed by atoms with Gasteiger partial charge in [0.1, 0.15) is 11.8 Å². The average Bonchev–Trinajstić information content (AvgIpc) is 2.90. The number of carboxylic acids is 1. The first-order valence-corrected chi connectivity index (χ1v) is 7.06. The van der Waals surface area contributed by atoms with E-state index in [-0.39, 0.29) is 11.6 Å². The monoisotopic (exact) mass is 318 g/mol. The zero-order valence-electron chi connectivity index (χ0n) is 10.7. The molecule has 21 heavy (non-hydrogen) atoms. The van der Waals surface area contributed by atoms with Crippen LogP contribution in [0.1, 0.15) is 0 Å². The third-order valence-electron chi connectivity index (χ3n) is 2.76. The highest BCUT2D eigenvalue weighted by Crippen LogP contribution is 2.23. The molecule has 2 N–H and O–H groups in total. The molecule has 0 saturated carbocycles. The molecule has 6 nitrogen and oxygen atoms in total. The van der Waals surface area contributed by atoms with Crippen molar-refractivity contribution in [1.82, 2.24) is 4.90 Å². The number of carbonyl (C=O) groups excluding carboxylic acids is 1. The minimum absolute atomic E-state index is 0.0249. The van der Waals surface area contributed by atoms with Crippen molar-refractivity contribution in [2.75, 3.05) is 16.9 Å². The summed E-state index contributed by atoms with van der Waals surface area (Å²) in [6.07, 6.45) is 0. The lowest BCUT2D eigenvalue weighted by Gasteiger charge is -2.20. The molecule has 1 aliphatic rings. The molecule has 0 radical (unpaired) electrons. The minimum atomic E-state index is -2.91. The average molecular weight is 318 g/mol. The van der Waals surface area contributed by atoms with Crippen molar-refractivity contribution < 1.29 is 28.2 Å². The van der Waals surface area contributed by atoms with Gasteiger partial charge in [0.25, 0.3) is 0 Å². The van der Waals surface area contributed by atoms with Crippen molar-refractivity contribution in [3.8, 4) is 5.75 Å². The van der Waals surface area contributed by atoms with E-state index < -0.39 is 24.7 Å². The van der Waals surface area contributed by atoms with E-state index in [2.05, 4.69) is 10.1 Å². The molecule has 0 unspecified atom stereocenters. The standard InChI is InChI=1S/C12H12F2N2O4S/c13-11(14)20-8-3-1-7(2-4-8)15-12(19)16-6-21-5-9(16)10(17)18/h1-4,9,11H,5-6H2,(H,15,19)(H,17,18)/t9-/m0/s1. The molecule has 1 aromatic rings. The number of alkyl halides is 2. The van der Waals surface area contributed by atoms with E-state index in [1.807, 2.05) is 0 Å². The van der Waals surface area contributed by atoms with Crippen LogP contribution in [0.4, 0.5) is 19.3 Å². The zero-order chi connectivity index (χ0) is 15.4. The molecule has 1 atom stereocenters. The van der Waals surface area contributed by atoms with Crippen molar-refractivity contribution in [2.24, 2.45) is 0 Å². The highest BCUT2D eigenvalue weighted by Gasteiger charge is 2.34. The highest BCUT2D eigenvalue weighted by atomic mass is 32.2. The van der Waals surface area contributed by atoms with Crippen LogP contribution in [0, 0.1) is 0 Å². The number of hydrogen-bond donors (Lipinski definition) is 2. The molecule has 114 valence electrons. The fraction of sp³-hybridized carbons (Fsp3) is 0.333. The second-order valence-electron chi connectivity index (χ2n) is 4.16. The second-order valence-corrected chi connectivity index (χ2v) is 5.16. The molecule has 0 aromatic heterocycles. The number of aliphatic carboxylic acids is 1. The van der Waals surface area contributed by atoms with E-state index in [0.717, 1.165) is 0 Å². The maximum atomic E-state index is 12.0. The Kier molecular flexibility index (Phi) is 4.84. The van der Waals surface area contributed by atoms with Crippen LogP contribution >= 0.6 is 11.8 Å². The number of urea groups is 1. The number of benzene rings is 1. The third kappa shape index (κ3) is 3.97. The molecule has 0 bridgehead atoms. The van der Waals surface area contributed by atoms with Gasteiger partial charge >= 0.3 is 18.6 Å². The summed E-state index contributed by atoms with van der Waals surface area (Å²) in [5.74, 6) is -0.460. The molecule has 2 rings (SSSR count). The number of nitrogens with zero attached hydrogens (tertiary/aromatic N) is 1. The SMILES string of the molecule is O=C(O)[C@@H]1CSCN1C(=O)Nc1ccc(OC(F)F)cc1. The summed E-state index contributed by atoms with van der Waals surface area (Å²) >= 11 is 1.35. The first kappa shape index (κ1) is 15.4. The first-order chi connectivity index (χ1) is 9.97. The van der Waals surface area contributed by atoms with E-state index in [1.54, 1.807) is 0 Å². The Balaban J connectivity index is 1.97. The van der Waals surface area contributed by atoms with Gasteiger partial charge in [-0.2, -0.15) is 8.78 Å². The molecule has 1 aromatic carbocycles. The molecule has 1 fully saturated rings. The summed E-state index contributed by atoms with van der Waals surface area (Å²) in [4.78, 5) is 24.2. The molecular weight excluding hydrogens is 306 g/mol. The van der Waals surface area contributed by atoms with Gasteiger partial charge < -0.3 is 20.1 Å². The van der Waals surface area contributed by atoms with E-state index in [0.29, 0.717) is 11.4 Å². The molecule has 0 aliphatic carbocycles.